The van der Waals surface area contributed by atoms with Gasteiger partial charge in [-0.1, -0.05) is 25.1 Å². The lowest BCUT2D eigenvalue weighted by Gasteiger charge is -2.14. The van der Waals surface area contributed by atoms with E-state index in [0.29, 0.717) is 5.92 Å². The van der Waals surface area contributed by atoms with Gasteiger partial charge in [-0.3, -0.25) is 4.79 Å². The van der Waals surface area contributed by atoms with Gasteiger partial charge < -0.3 is 0 Å². The van der Waals surface area contributed by atoms with E-state index in [1.54, 1.807) is 12.1 Å². The van der Waals surface area contributed by atoms with Crippen LogP contribution in [0.15, 0.2) is 24.3 Å². The molecule has 0 aliphatic heterocycles. The molecule has 1 aliphatic carbocycles. The van der Waals surface area contributed by atoms with Crippen LogP contribution in [0.5, 0.6) is 0 Å². The van der Waals surface area contributed by atoms with Gasteiger partial charge in [-0.05, 0) is 24.8 Å². The molecule has 2 rings (SSSR count). The molecule has 0 spiro atoms. The fourth-order valence-corrected chi connectivity index (χ4v) is 2.09. The highest BCUT2D eigenvalue weighted by molar-refractivity contribution is 5.90. The molecule has 0 bridgehead atoms. The van der Waals surface area contributed by atoms with E-state index in [0.717, 1.165) is 12.8 Å². The molecule has 1 aliphatic rings. The molecule has 2 atom stereocenters. The van der Waals surface area contributed by atoms with Gasteiger partial charge in [-0.2, -0.15) is 5.26 Å². The lowest BCUT2D eigenvalue weighted by molar-refractivity contribution is -0.123. The Morgan fingerprint density at radius 2 is 2.12 bits per heavy atom. The number of benzene rings is 1. The Morgan fingerprint density at radius 3 is 2.65 bits per heavy atom. The molecular weight excluding hydrogens is 217 g/mol. The molecule has 0 heterocycles. The number of carbonyl (C=O) groups is 1. The van der Waals surface area contributed by atoms with Gasteiger partial charge in [0.1, 0.15) is 11.7 Å². The monoisotopic (exact) mass is 231 g/mol. The van der Waals surface area contributed by atoms with Crippen molar-refractivity contribution in [1.29, 1.82) is 5.26 Å². The van der Waals surface area contributed by atoms with Crippen LogP contribution < -0.4 is 0 Å². The van der Waals surface area contributed by atoms with Crippen LogP contribution in [0.1, 0.15) is 31.2 Å². The Labute approximate surface area is 100 Å². The van der Waals surface area contributed by atoms with Gasteiger partial charge in [0.2, 0.25) is 0 Å². The Morgan fingerprint density at radius 1 is 1.47 bits per heavy atom. The van der Waals surface area contributed by atoms with Gasteiger partial charge in [0.05, 0.1) is 6.07 Å². The maximum atomic E-state index is 13.6. The van der Waals surface area contributed by atoms with Crippen molar-refractivity contribution in [3.63, 3.8) is 0 Å². The predicted molar refractivity (Wildman–Crippen MR) is 61.6 cm³/mol. The molecule has 88 valence electrons. The summed E-state index contributed by atoms with van der Waals surface area (Å²) in [6.45, 7) is 1.84. The lowest BCUT2D eigenvalue weighted by Crippen LogP contribution is -2.21. The largest absolute Gasteiger partial charge is 0.298 e. The SMILES string of the molecule is CC(C(=O)C(C#N)c1ccccc1F)C1CC1. The van der Waals surface area contributed by atoms with E-state index in [1.165, 1.54) is 12.1 Å². The second-order valence-corrected chi connectivity index (χ2v) is 4.61. The molecule has 0 aromatic heterocycles. The van der Waals surface area contributed by atoms with Crippen molar-refractivity contribution in [3.8, 4) is 6.07 Å². The van der Waals surface area contributed by atoms with E-state index in [2.05, 4.69) is 0 Å². The quantitative estimate of drug-likeness (QED) is 0.799. The maximum Gasteiger partial charge on any atom is 0.157 e. The third-order valence-corrected chi connectivity index (χ3v) is 3.41. The van der Waals surface area contributed by atoms with Gasteiger partial charge in [0.25, 0.3) is 0 Å². The fraction of sp³-hybridized carbons (Fsp3) is 0.429. The predicted octanol–water partition coefficient (Wildman–Crippen LogP) is 3.05. The summed E-state index contributed by atoms with van der Waals surface area (Å²) in [6.07, 6.45) is 2.09. The Balaban J connectivity index is 2.25. The van der Waals surface area contributed by atoms with E-state index in [1.807, 2.05) is 13.0 Å². The third kappa shape index (κ3) is 2.36. The summed E-state index contributed by atoms with van der Waals surface area (Å²) >= 11 is 0. The molecule has 1 aromatic carbocycles. The zero-order chi connectivity index (χ0) is 12.4. The van der Waals surface area contributed by atoms with E-state index in [-0.39, 0.29) is 17.3 Å². The minimum Gasteiger partial charge on any atom is -0.298 e. The number of halogens is 1. The summed E-state index contributed by atoms with van der Waals surface area (Å²) in [5, 5.41) is 9.09. The van der Waals surface area contributed by atoms with Gasteiger partial charge in [-0.15, -0.1) is 0 Å². The van der Waals surface area contributed by atoms with Crippen LogP contribution in [0.2, 0.25) is 0 Å². The number of Topliss-reactive ketones (excluding diaryl/α,β-unsaturated/α-hetero) is 1. The standard InChI is InChI=1S/C14H14FNO/c1-9(10-6-7-10)14(17)12(8-16)11-4-2-3-5-13(11)15/h2-5,9-10,12H,6-7H2,1H3. The average molecular weight is 231 g/mol. The van der Waals surface area contributed by atoms with Crippen molar-refractivity contribution in [2.75, 3.05) is 0 Å². The first-order valence-corrected chi connectivity index (χ1v) is 5.83. The first-order valence-electron chi connectivity index (χ1n) is 5.83. The number of rotatable bonds is 4. The van der Waals surface area contributed by atoms with E-state index >= 15 is 0 Å². The van der Waals surface area contributed by atoms with Gasteiger partial charge in [0, 0.05) is 11.5 Å². The first kappa shape index (κ1) is 11.8. The van der Waals surface area contributed by atoms with Gasteiger partial charge in [-0.25, -0.2) is 4.39 Å². The third-order valence-electron chi connectivity index (χ3n) is 3.41. The number of hydrogen-bond acceptors (Lipinski definition) is 2. The number of carbonyl (C=O) groups excluding carboxylic acids is 1. The zero-order valence-electron chi connectivity index (χ0n) is 9.69. The minimum atomic E-state index is -0.966. The highest BCUT2D eigenvalue weighted by Gasteiger charge is 2.37. The molecule has 2 unspecified atom stereocenters. The molecule has 17 heavy (non-hydrogen) atoms. The molecule has 3 heteroatoms. The number of nitriles is 1. The van der Waals surface area contributed by atoms with Crippen LogP contribution in [0.25, 0.3) is 0 Å². The summed E-state index contributed by atoms with van der Waals surface area (Å²) in [6, 6.07) is 7.94. The van der Waals surface area contributed by atoms with Crippen LogP contribution in [0.3, 0.4) is 0 Å². The summed E-state index contributed by atoms with van der Waals surface area (Å²) in [4.78, 5) is 12.1. The van der Waals surface area contributed by atoms with Crippen LogP contribution in [-0.2, 0) is 4.79 Å². The van der Waals surface area contributed by atoms with Crippen molar-refractivity contribution >= 4 is 5.78 Å². The summed E-state index contributed by atoms with van der Waals surface area (Å²) in [5.74, 6) is -1.34. The summed E-state index contributed by atoms with van der Waals surface area (Å²) in [5.41, 5.74) is 0.201. The highest BCUT2D eigenvalue weighted by atomic mass is 19.1. The maximum absolute atomic E-state index is 13.6. The second-order valence-electron chi connectivity index (χ2n) is 4.61. The Hall–Kier alpha value is -1.69. The fourth-order valence-electron chi connectivity index (χ4n) is 2.09. The van der Waals surface area contributed by atoms with E-state index < -0.39 is 11.7 Å². The normalized spacial score (nSPS) is 18.2. The van der Waals surface area contributed by atoms with Crippen LogP contribution in [0, 0.1) is 29.0 Å². The molecule has 1 saturated carbocycles. The van der Waals surface area contributed by atoms with Crippen molar-refractivity contribution in [2.24, 2.45) is 11.8 Å². The molecule has 0 saturated heterocycles. The second kappa shape index (κ2) is 4.67. The summed E-state index contributed by atoms with van der Waals surface area (Å²) < 4.78 is 13.6. The minimum absolute atomic E-state index is 0.140. The van der Waals surface area contributed by atoms with Crippen molar-refractivity contribution in [1.82, 2.24) is 0 Å². The number of ketones is 1. The molecule has 1 aromatic rings. The lowest BCUT2D eigenvalue weighted by atomic mass is 9.86. The average Bonchev–Trinajstić information content (AvgIpc) is 3.15. The molecule has 1 fully saturated rings. The molecular formula is C14H14FNO. The van der Waals surface area contributed by atoms with Gasteiger partial charge in [0.15, 0.2) is 5.78 Å². The zero-order valence-corrected chi connectivity index (χ0v) is 9.69. The number of hydrogen-bond donors (Lipinski definition) is 0. The van der Waals surface area contributed by atoms with E-state index in [4.69, 9.17) is 5.26 Å². The molecule has 0 N–H and O–H groups in total. The topological polar surface area (TPSA) is 40.9 Å². The first-order chi connectivity index (χ1) is 8.15. The van der Waals surface area contributed by atoms with Crippen LogP contribution in [0.4, 0.5) is 4.39 Å². The smallest absolute Gasteiger partial charge is 0.157 e. The highest BCUT2D eigenvalue weighted by Crippen LogP contribution is 2.39. The molecule has 0 amide bonds. The molecule has 2 nitrogen and oxygen atoms in total. The van der Waals surface area contributed by atoms with Crippen LogP contribution >= 0.6 is 0 Å². The van der Waals surface area contributed by atoms with Crippen molar-refractivity contribution < 1.29 is 9.18 Å². The number of nitrogens with zero attached hydrogens (tertiary/aromatic N) is 1. The Bertz CT molecular complexity index is 473. The Kier molecular flexibility index (Phi) is 3.23. The molecule has 0 radical (unpaired) electrons. The van der Waals surface area contributed by atoms with Crippen molar-refractivity contribution in [2.45, 2.75) is 25.7 Å². The van der Waals surface area contributed by atoms with E-state index in [9.17, 15) is 9.18 Å². The van der Waals surface area contributed by atoms with Gasteiger partial charge >= 0.3 is 0 Å². The van der Waals surface area contributed by atoms with Crippen molar-refractivity contribution in [3.05, 3.63) is 35.6 Å². The van der Waals surface area contributed by atoms with Crippen LogP contribution in [-0.4, -0.2) is 5.78 Å². The summed E-state index contributed by atoms with van der Waals surface area (Å²) in [7, 11) is 0.